The van der Waals surface area contributed by atoms with Crippen LogP contribution in [0.25, 0.3) is 0 Å². The van der Waals surface area contributed by atoms with E-state index in [1.54, 1.807) is 26.2 Å². The van der Waals surface area contributed by atoms with Crippen molar-refractivity contribution in [2.45, 2.75) is 33.4 Å². The van der Waals surface area contributed by atoms with Crippen LogP contribution in [0, 0.1) is 12.7 Å². The summed E-state index contributed by atoms with van der Waals surface area (Å²) in [6.45, 7) is 6.66. The zero-order chi connectivity index (χ0) is 20.0. The van der Waals surface area contributed by atoms with Crippen molar-refractivity contribution in [2.24, 2.45) is 0 Å². The number of amides is 1. The molecule has 2 aromatic rings. The van der Waals surface area contributed by atoms with E-state index in [1.165, 1.54) is 6.07 Å². The average Bonchev–Trinajstić information content (AvgIpc) is 2.65. The SMILES string of the molecule is CCOc1ccc(C[NH+](C)[C@H](C)C(=O)Nc2ccc(C)c(F)c2)cc1OC. The Labute approximate surface area is 160 Å². The quantitative estimate of drug-likeness (QED) is 0.746. The molecule has 0 fully saturated rings. The van der Waals surface area contributed by atoms with E-state index in [4.69, 9.17) is 9.47 Å². The van der Waals surface area contributed by atoms with E-state index >= 15 is 0 Å². The van der Waals surface area contributed by atoms with Crippen LogP contribution in [0.15, 0.2) is 36.4 Å². The summed E-state index contributed by atoms with van der Waals surface area (Å²) in [5.74, 6) is 0.888. The summed E-state index contributed by atoms with van der Waals surface area (Å²) in [5, 5.41) is 2.78. The largest absolute Gasteiger partial charge is 0.493 e. The highest BCUT2D eigenvalue weighted by Crippen LogP contribution is 2.27. The fourth-order valence-corrected chi connectivity index (χ4v) is 2.72. The number of carbonyl (C=O) groups is 1. The second-order valence-electron chi connectivity index (χ2n) is 6.62. The standard InChI is InChI=1S/C21H27FN2O3/c1-6-27-19-10-8-16(11-20(19)26-5)13-24(4)15(3)21(25)23-17-9-7-14(2)18(22)12-17/h7-12,15H,6,13H2,1-5H3,(H,23,25)/p+1/t15-/m1/s1. The van der Waals surface area contributed by atoms with Gasteiger partial charge in [-0.2, -0.15) is 0 Å². The molecule has 2 rings (SSSR count). The van der Waals surface area contributed by atoms with Crippen LogP contribution in [-0.2, 0) is 11.3 Å². The van der Waals surface area contributed by atoms with Crippen molar-refractivity contribution in [3.05, 3.63) is 53.3 Å². The first-order chi connectivity index (χ1) is 12.8. The molecule has 0 aliphatic rings. The van der Waals surface area contributed by atoms with E-state index < -0.39 is 0 Å². The van der Waals surface area contributed by atoms with Crippen LogP contribution in [0.1, 0.15) is 25.0 Å². The number of ether oxygens (including phenoxy) is 2. The Morgan fingerprint density at radius 3 is 2.59 bits per heavy atom. The van der Waals surface area contributed by atoms with Crippen LogP contribution >= 0.6 is 0 Å². The van der Waals surface area contributed by atoms with Gasteiger partial charge < -0.3 is 19.7 Å². The van der Waals surface area contributed by atoms with E-state index in [0.717, 1.165) is 10.5 Å². The van der Waals surface area contributed by atoms with Crippen molar-refractivity contribution in [3.63, 3.8) is 0 Å². The van der Waals surface area contributed by atoms with Gasteiger partial charge in [-0.3, -0.25) is 4.79 Å². The highest BCUT2D eigenvalue weighted by molar-refractivity contribution is 5.93. The number of halogens is 1. The van der Waals surface area contributed by atoms with Crippen molar-refractivity contribution < 1.29 is 23.6 Å². The Bertz CT molecular complexity index is 795. The van der Waals surface area contributed by atoms with Crippen LogP contribution in [0.2, 0.25) is 0 Å². The third kappa shape index (κ3) is 5.44. The second kappa shape index (κ2) is 9.37. The molecule has 2 aromatic carbocycles. The Morgan fingerprint density at radius 2 is 1.96 bits per heavy atom. The molecule has 146 valence electrons. The second-order valence-corrected chi connectivity index (χ2v) is 6.62. The number of rotatable bonds is 8. The van der Waals surface area contributed by atoms with Crippen LogP contribution in [0.4, 0.5) is 10.1 Å². The summed E-state index contributed by atoms with van der Waals surface area (Å²) in [6, 6.07) is 10.2. The molecule has 0 aliphatic heterocycles. The van der Waals surface area contributed by atoms with Crippen LogP contribution in [0.3, 0.4) is 0 Å². The minimum Gasteiger partial charge on any atom is -0.493 e. The molecule has 2 atom stereocenters. The summed E-state index contributed by atoms with van der Waals surface area (Å²) >= 11 is 0. The number of hydrogen-bond acceptors (Lipinski definition) is 3. The van der Waals surface area contributed by atoms with E-state index in [1.807, 2.05) is 39.1 Å². The number of benzene rings is 2. The minimum atomic E-state index is -0.331. The number of quaternary nitrogens is 1. The van der Waals surface area contributed by atoms with E-state index in [0.29, 0.717) is 35.9 Å². The van der Waals surface area contributed by atoms with Gasteiger partial charge in [0.1, 0.15) is 12.4 Å². The van der Waals surface area contributed by atoms with Crippen LogP contribution < -0.4 is 19.7 Å². The lowest BCUT2D eigenvalue weighted by molar-refractivity contribution is -0.907. The summed E-state index contributed by atoms with van der Waals surface area (Å²) in [6.07, 6.45) is 0. The number of aryl methyl sites for hydroxylation is 1. The van der Waals surface area contributed by atoms with Crippen molar-refractivity contribution in [2.75, 3.05) is 26.1 Å². The highest BCUT2D eigenvalue weighted by Gasteiger charge is 2.22. The van der Waals surface area contributed by atoms with Crippen LogP contribution in [0.5, 0.6) is 11.5 Å². The molecule has 0 aromatic heterocycles. The Kier molecular flexibility index (Phi) is 7.19. The molecule has 2 N–H and O–H groups in total. The lowest BCUT2D eigenvalue weighted by Crippen LogP contribution is -3.12. The lowest BCUT2D eigenvalue weighted by Gasteiger charge is -2.21. The Hall–Kier alpha value is -2.60. The summed E-state index contributed by atoms with van der Waals surface area (Å²) < 4.78 is 24.6. The van der Waals surface area contributed by atoms with Gasteiger partial charge in [0.05, 0.1) is 20.8 Å². The molecule has 1 amide bonds. The van der Waals surface area contributed by atoms with Gasteiger partial charge in [0.15, 0.2) is 17.5 Å². The molecule has 0 heterocycles. The highest BCUT2D eigenvalue weighted by atomic mass is 19.1. The molecule has 0 aliphatic carbocycles. The van der Waals surface area contributed by atoms with E-state index in [-0.39, 0.29) is 17.8 Å². The predicted molar refractivity (Wildman–Crippen MR) is 104 cm³/mol. The van der Waals surface area contributed by atoms with Gasteiger partial charge >= 0.3 is 0 Å². The fraction of sp³-hybridized carbons (Fsp3) is 0.381. The number of likely N-dealkylation sites (N-methyl/N-ethyl adjacent to an activating group) is 1. The summed E-state index contributed by atoms with van der Waals surface area (Å²) in [5.41, 5.74) is 2.05. The van der Waals surface area contributed by atoms with E-state index in [9.17, 15) is 9.18 Å². The Balaban J connectivity index is 2.02. The van der Waals surface area contributed by atoms with Crippen molar-refractivity contribution in [3.8, 4) is 11.5 Å². The van der Waals surface area contributed by atoms with Gasteiger partial charge in [0.25, 0.3) is 5.91 Å². The van der Waals surface area contributed by atoms with E-state index in [2.05, 4.69) is 5.32 Å². The third-order valence-electron chi connectivity index (χ3n) is 4.58. The fourth-order valence-electron chi connectivity index (χ4n) is 2.72. The Morgan fingerprint density at radius 1 is 1.22 bits per heavy atom. The molecule has 0 radical (unpaired) electrons. The van der Waals surface area contributed by atoms with Crippen molar-refractivity contribution in [1.29, 1.82) is 0 Å². The third-order valence-corrected chi connectivity index (χ3v) is 4.58. The smallest absolute Gasteiger partial charge is 0.282 e. The maximum absolute atomic E-state index is 13.7. The predicted octanol–water partition coefficient (Wildman–Crippen LogP) is 2.58. The molecular weight excluding hydrogens is 347 g/mol. The number of hydrogen-bond donors (Lipinski definition) is 2. The number of anilines is 1. The number of nitrogens with one attached hydrogen (secondary N) is 2. The average molecular weight is 375 g/mol. The normalized spacial score (nSPS) is 13.0. The molecule has 0 saturated heterocycles. The molecule has 0 saturated carbocycles. The molecule has 0 bridgehead atoms. The molecule has 0 spiro atoms. The lowest BCUT2D eigenvalue weighted by atomic mass is 10.1. The summed E-state index contributed by atoms with van der Waals surface area (Å²) in [7, 11) is 3.55. The zero-order valence-electron chi connectivity index (χ0n) is 16.6. The number of carbonyl (C=O) groups excluding carboxylic acids is 1. The first kappa shape index (κ1) is 20.7. The van der Waals surface area contributed by atoms with Gasteiger partial charge in [0.2, 0.25) is 0 Å². The maximum Gasteiger partial charge on any atom is 0.282 e. The van der Waals surface area contributed by atoms with Crippen LogP contribution in [-0.4, -0.2) is 32.7 Å². The first-order valence-corrected chi connectivity index (χ1v) is 9.04. The maximum atomic E-state index is 13.7. The molecular formula is C21H28FN2O3+. The zero-order valence-corrected chi connectivity index (χ0v) is 16.6. The van der Waals surface area contributed by atoms with Gasteiger partial charge in [-0.05, 0) is 56.7 Å². The summed E-state index contributed by atoms with van der Waals surface area (Å²) in [4.78, 5) is 13.5. The van der Waals surface area contributed by atoms with Crippen molar-refractivity contribution in [1.82, 2.24) is 0 Å². The number of methoxy groups -OCH3 is 1. The van der Waals surface area contributed by atoms with Gasteiger partial charge in [-0.25, -0.2) is 4.39 Å². The van der Waals surface area contributed by atoms with Crippen molar-refractivity contribution >= 4 is 11.6 Å². The first-order valence-electron chi connectivity index (χ1n) is 9.04. The molecule has 5 nitrogen and oxygen atoms in total. The topological polar surface area (TPSA) is 52.0 Å². The monoisotopic (exact) mass is 375 g/mol. The van der Waals surface area contributed by atoms with Gasteiger partial charge in [-0.15, -0.1) is 0 Å². The molecule has 1 unspecified atom stereocenters. The molecule has 6 heteroatoms. The van der Waals surface area contributed by atoms with Gasteiger partial charge in [0, 0.05) is 11.3 Å². The molecule has 27 heavy (non-hydrogen) atoms. The minimum absolute atomic E-state index is 0.159. The van der Waals surface area contributed by atoms with Gasteiger partial charge in [-0.1, -0.05) is 6.07 Å².